The fourth-order valence-corrected chi connectivity index (χ4v) is 4.75. The van der Waals surface area contributed by atoms with Crippen LogP contribution in [0.25, 0.3) is 22.2 Å². The molecule has 170 valence electrons. The standard InChI is InChI=1S/C24H24FN5O3/c1-4-19(31)29-12-15(3)30(13-14(29)2)23-17-8-7-16(20-18(25)6-5-9-26-20)22-21(17)28(10-11-33-22)24(32)27-23/h4-9,14-15H,1,10-13H2,2-3H3/t14-,15+/m1/s1. The number of rotatable bonds is 3. The quantitative estimate of drug-likeness (QED) is 0.572. The monoisotopic (exact) mass is 449 g/mol. The molecule has 3 aromatic rings. The Morgan fingerprint density at radius 1 is 1.24 bits per heavy atom. The van der Waals surface area contributed by atoms with Gasteiger partial charge in [0.1, 0.15) is 23.9 Å². The van der Waals surface area contributed by atoms with Gasteiger partial charge in [-0.05, 0) is 44.2 Å². The summed E-state index contributed by atoms with van der Waals surface area (Å²) in [6, 6.07) is 6.32. The summed E-state index contributed by atoms with van der Waals surface area (Å²) in [6.45, 7) is 9.19. The lowest BCUT2D eigenvalue weighted by atomic mass is 10.0. The van der Waals surface area contributed by atoms with E-state index in [1.807, 2.05) is 19.9 Å². The highest BCUT2D eigenvalue weighted by Crippen LogP contribution is 2.41. The lowest BCUT2D eigenvalue weighted by Crippen LogP contribution is -2.58. The topological polar surface area (TPSA) is 80.6 Å². The Labute approximate surface area is 189 Å². The average molecular weight is 449 g/mol. The van der Waals surface area contributed by atoms with E-state index in [4.69, 9.17) is 4.74 Å². The van der Waals surface area contributed by atoms with Gasteiger partial charge in [-0.25, -0.2) is 9.18 Å². The summed E-state index contributed by atoms with van der Waals surface area (Å²) >= 11 is 0. The number of hydrogen-bond donors (Lipinski definition) is 0. The van der Waals surface area contributed by atoms with Crippen molar-refractivity contribution in [3.05, 3.63) is 59.4 Å². The first kappa shape index (κ1) is 21.1. The summed E-state index contributed by atoms with van der Waals surface area (Å²) in [5, 5.41) is 0.743. The van der Waals surface area contributed by atoms with E-state index in [1.54, 1.807) is 15.5 Å². The summed E-state index contributed by atoms with van der Waals surface area (Å²) in [5.41, 5.74) is 0.869. The number of carbonyl (C=O) groups is 1. The van der Waals surface area contributed by atoms with E-state index in [0.29, 0.717) is 42.3 Å². The predicted octanol–water partition coefficient (Wildman–Crippen LogP) is 2.60. The van der Waals surface area contributed by atoms with Crippen molar-refractivity contribution in [3.63, 3.8) is 0 Å². The summed E-state index contributed by atoms with van der Waals surface area (Å²) in [5.74, 6) is 0.389. The van der Waals surface area contributed by atoms with Crippen molar-refractivity contribution < 1.29 is 13.9 Å². The maximum Gasteiger partial charge on any atom is 0.350 e. The van der Waals surface area contributed by atoms with Gasteiger partial charge in [0.05, 0.1) is 12.1 Å². The van der Waals surface area contributed by atoms with Crippen LogP contribution >= 0.6 is 0 Å². The number of benzene rings is 1. The van der Waals surface area contributed by atoms with Crippen LogP contribution in [0.3, 0.4) is 0 Å². The number of aromatic nitrogens is 3. The minimum atomic E-state index is -0.462. The van der Waals surface area contributed by atoms with Gasteiger partial charge in [0.2, 0.25) is 5.91 Å². The third-order valence-corrected chi connectivity index (χ3v) is 6.37. The van der Waals surface area contributed by atoms with E-state index in [9.17, 15) is 14.0 Å². The van der Waals surface area contributed by atoms with Crippen molar-refractivity contribution >= 4 is 22.6 Å². The fraction of sp³-hybridized carbons (Fsp3) is 0.333. The molecular formula is C24H24FN5O3. The lowest BCUT2D eigenvalue weighted by molar-refractivity contribution is -0.128. The van der Waals surface area contributed by atoms with Gasteiger partial charge in [0.25, 0.3) is 0 Å². The van der Waals surface area contributed by atoms with E-state index in [-0.39, 0.29) is 36.0 Å². The maximum atomic E-state index is 14.5. The second kappa shape index (κ2) is 7.99. The molecule has 2 atom stereocenters. The van der Waals surface area contributed by atoms with Gasteiger partial charge in [-0.1, -0.05) is 6.58 Å². The number of carbonyl (C=O) groups excluding carboxylic acids is 1. The number of nitrogens with zero attached hydrogens (tertiary/aromatic N) is 5. The zero-order chi connectivity index (χ0) is 23.3. The lowest BCUT2D eigenvalue weighted by Gasteiger charge is -2.44. The molecule has 0 spiro atoms. The highest BCUT2D eigenvalue weighted by atomic mass is 19.1. The molecule has 1 fully saturated rings. The van der Waals surface area contributed by atoms with Crippen molar-refractivity contribution in [3.8, 4) is 17.0 Å². The van der Waals surface area contributed by atoms with Crippen molar-refractivity contribution in [2.45, 2.75) is 32.5 Å². The minimum absolute atomic E-state index is 0.0729. The zero-order valence-corrected chi connectivity index (χ0v) is 18.5. The Bertz CT molecular complexity index is 1340. The first-order valence-corrected chi connectivity index (χ1v) is 10.9. The highest BCUT2D eigenvalue weighted by Gasteiger charge is 2.34. The van der Waals surface area contributed by atoms with E-state index < -0.39 is 5.82 Å². The summed E-state index contributed by atoms with van der Waals surface area (Å²) in [7, 11) is 0. The number of pyridine rings is 1. The second-order valence-electron chi connectivity index (χ2n) is 8.44. The summed E-state index contributed by atoms with van der Waals surface area (Å²) in [4.78, 5) is 37.7. The molecule has 8 nitrogen and oxygen atoms in total. The molecule has 2 aliphatic rings. The van der Waals surface area contributed by atoms with E-state index >= 15 is 0 Å². The van der Waals surface area contributed by atoms with Crippen LogP contribution in [0.1, 0.15) is 13.8 Å². The number of hydrogen-bond acceptors (Lipinski definition) is 6. The van der Waals surface area contributed by atoms with Gasteiger partial charge in [-0.3, -0.25) is 14.3 Å². The first-order chi connectivity index (χ1) is 15.9. The van der Waals surface area contributed by atoms with Crippen LogP contribution in [0.4, 0.5) is 10.2 Å². The number of piperazine rings is 1. The molecule has 4 heterocycles. The third-order valence-electron chi connectivity index (χ3n) is 6.37. The Hall–Kier alpha value is -3.75. The number of amides is 1. The molecule has 0 N–H and O–H groups in total. The largest absolute Gasteiger partial charge is 0.489 e. The number of anilines is 1. The van der Waals surface area contributed by atoms with Crippen LogP contribution in [-0.4, -0.2) is 57.1 Å². The molecular weight excluding hydrogens is 425 g/mol. The van der Waals surface area contributed by atoms with Crippen LogP contribution in [0.5, 0.6) is 5.75 Å². The van der Waals surface area contributed by atoms with Gasteiger partial charge in [-0.2, -0.15) is 4.98 Å². The highest BCUT2D eigenvalue weighted by molar-refractivity contribution is 5.98. The molecule has 0 saturated carbocycles. The molecule has 9 heteroatoms. The number of halogens is 1. The number of ether oxygens (including phenoxy) is 1. The Morgan fingerprint density at radius 2 is 2.06 bits per heavy atom. The molecule has 33 heavy (non-hydrogen) atoms. The van der Waals surface area contributed by atoms with E-state index in [0.717, 1.165) is 5.39 Å². The van der Waals surface area contributed by atoms with Crippen molar-refractivity contribution in [2.75, 3.05) is 24.6 Å². The van der Waals surface area contributed by atoms with Gasteiger partial charge in [0, 0.05) is 42.3 Å². The first-order valence-electron chi connectivity index (χ1n) is 10.9. The Balaban J connectivity index is 1.68. The molecule has 1 amide bonds. The van der Waals surface area contributed by atoms with Gasteiger partial charge >= 0.3 is 5.69 Å². The molecule has 2 aliphatic heterocycles. The molecule has 2 aromatic heterocycles. The normalized spacial score (nSPS) is 20.0. The molecule has 0 bridgehead atoms. The molecule has 0 aliphatic carbocycles. The zero-order valence-electron chi connectivity index (χ0n) is 18.5. The van der Waals surface area contributed by atoms with E-state index in [2.05, 4.69) is 21.4 Å². The van der Waals surface area contributed by atoms with Gasteiger partial charge in [-0.15, -0.1) is 0 Å². The van der Waals surface area contributed by atoms with Gasteiger partial charge < -0.3 is 14.5 Å². The minimum Gasteiger partial charge on any atom is -0.489 e. The summed E-state index contributed by atoms with van der Waals surface area (Å²) < 4.78 is 22.1. The molecule has 0 unspecified atom stereocenters. The molecule has 1 aromatic carbocycles. The van der Waals surface area contributed by atoms with Crippen LogP contribution in [0.15, 0.2) is 47.9 Å². The molecule has 0 radical (unpaired) electrons. The average Bonchev–Trinajstić information content (AvgIpc) is 2.82. The van der Waals surface area contributed by atoms with E-state index in [1.165, 1.54) is 24.4 Å². The predicted molar refractivity (Wildman–Crippen MR) is 123 cm³/mol. The van der Waals surface area contributed by atoms with Crippen molar-refractivity contribution in [1.82, 2.24) is 19.4 Å². The summed E-state index contributed by atoms with van der Waals surface area (Å²) in [6.07, 6.45) is 2.85. The smallest absolute Gasteiger partial charge is 0.350 e. The van der Waals surface area contributed by atoms with Crippen molar-refractivity contribution in [1.29, 1.82) is 0 Å². The molecule has 5 rings (SSSR count). The second-order valence-corrected chi connectivity index (χ2v) is 8.44. The van der Waals surface area contributed by atoms with Crippen LogP contribution < -0.4 is 15.3 Å². The van der Waals surface area contributed by atoms with Crippen LogP contribution in [-0.2, 0) is 11.3 Å². The third kappa shape index (κ3) is 3.35. The van der Waals surface area contributed by atoms with Crippen molar-refractivity contribution in [2.24, 2.45) is 0 Å². The van der Waals surface area contributed by atoms with Gasteiger partial charge in [0.15, 0.2) is 5.75 Å². The SMILES string of the molecule is C=CC(=O)N1C[C@H](C)N(c2nc(=O)n3c4c(c(-c5ncccc5F)ccc24)OCC3)C[C@H]1C. The molecule has 1 saturated heterocycles. The fourth-order valence-electron chi connectivity index (χ4n) is 4.75. The van der Waals surface area contributed by atoms with Crippen LogP contribution in [0.2, 0.25) is 0 Å². The van der Waals surface area contributed by atoms with Crippen LogP contribution in [0, 0.1) is 5.82 Å². The maximum absolute atomic E-state index is 14.5. The Kier molecular flexibility index (Phi) is 5.11. The Morgan fingerprint density at radius 3 is 2.82 bits per heavy atom.